The Hall–Kier alpha value is -2.56. The molecule has 0 saturated heterocycles. The minimum atomic E-state index is -0.318. The molecule has 3 N–H and O–H groups in total. The molecule has 2 aromatic rings. The highest BCUT2D eigenvalue weighted by Crippen LogP contribution is 2.29. The normalized spacial score (nSPS) is 10.6. The van der Waals surface area contributed by atoms with Crippen LogP contribution in [0.15, 0.2) is 47.5 Å². The summed E-state index contributed by atoms with van der Waals surface area (Å²) in [6.45, 7) is 0.911. The largest absolute Gasteiger partial charge is 0.493 e. The van der Waals surface area contributed by atoms with Gasteiger partial charge in [-0.25, -0.2) is 4.39 Å². The van der Waals surface area contributed by atoms with Crippen molar-refractivity contribution in [3.8, 4) is 11.5 Å². The number of amides is 1. The predicted molar refractivity (Wildman–Crippen MR) is 123 cm³/mol. The Morgan fingerprint density at radius 2 is 1.66 bits per heavy atom. The van der Waals surface area contributed by atoms with Crippen molar-refractivity contribution >= 4 is 41.5 Å². The van der Waals surface area contributed by atoms with E-state index in [9.17, 15) is 9.18 Å². The molecule has 0 aromatic heterocycles. The lowest BCUT2D eigenvalue weighted by molar-refractivity contribution is -0.120. The van der Waals surface area contributed by atoms with Crippen molar-refractivity contribution in [2.75, 3.05) is 39.7 Å². The van der Waals surface area contributed by atoms with Gasteiger partial charge in [0.15, 0.2) is 17.5 Å². The van der Waals surface area contributed by atoms with Crippen molar-refractivity contribution in [2.24, 2.45) is 4.99 Å². The number of carbonyl (C=O) groups is 1. The minimum absolute atomic E-state index is 0. The fourth-order valence-electron chi connectivity index (χ4n) is 2.46. The van der Waals surface area contributed by atoms with Crippen LogP contribution >= 0.6 is 24.0 Å². The van der Waals surface area contributed by atoms with E-state index in [2.05, 4.69) is 20.9 Å². The SMILES string of the molecule is CN=C(NCCNC(=O)Cc1ccc(F)cc1)Nc1ccc(OC)c(OC)c1.I. The van der Waals surface area contributed by atoms with E-state index >= 15 is 0 Å². The number of nitrogens with one attached hydrogen (secondary N) is 3. The van der Waals surface area contributed by atoms with Crippen LogP contribution in [0.3, 0.4) is 0 Å². The molecule has 29 heavy (non-hydrogen) atoms. The second kappa shape index (κ2) is 12.8. The van der Waals surface area contributed by atoms with Gasteiger partial charge >= 0.3 is 0 Å². The number of anilines is 1. The van der Waals surface area contributed by atoms with Gasteiger partial charge in [0.1, 0.15) is 5.82 Å². The number of rotatable bonds is 8. The lowest BCUT2D eigenvalue weighted by atomic mass is 10.1. The number of benzene rings is 2. The number of aliphatic imine (C=N–C) groups is 1. The van der Waals surface area contributed by atoms with Crippen molar-refractivity contribution in [3.63, 3.8) is 0 Å². The number of ether oxygens (including phenoxy) is 2. The van der Waals surface area contributed by atoms with Crippen molar-refractivity contribution in [2.45, 2.75) is 6.42 Å². The van der Waals surface area contributed by atoms with E-state index in [1.165, 1.54) is 12.1 Å². The first-order valence-electron chi connectivity index (χ1n) is 8.76. The standard InChI is InChI=1S/C20H25FN4O3.HI/c1-22-20(25-16-8-9-17(27-2)18(13-16)28-3)24-11-10-23-19(26)12-14-4-6-15(21)7-5-14;/h4-9,13H,10-12H2,1-3H3,(H,23,26)(H2,22,24,25);1H. The summed E-state index contributed by atoms with van der Waals surface area (Å²) >= 11 is 0. The predicted octanol–water partition coefficient (Wildman–Crippen LogP) is 2.81. The second-order valence-electron chi connectivity index (χ2n) is 5.85. The quantitative estimate of drug-likeness (QED) is 0.218. The molecule has 0 atom stereocenters. The van der Waals surface area contributed by atoms with Gasteiger partial charge in [0.05, 0.1) is 20.6 Å². The molecular weight excluding hydrogens is 490 g/mol. The van der Waals surface area contributed by atoms with Crippen LogP contribution in [-0.4, -0.2) is 46.2 Å². The first-order valence-corrected chi connectivity index (χ1v) is 8.76. The van der Waals surface area contributed by atoms with E-state index in [4.69, 9.17) is 9.47 Å². The van der Waals surface area contributed by atoms with Crippen molar-refractivity contribution in [3.05, 3.63) is 53.8 Å². The summed E-state index contributed by atoms with van der Waals surface area (Å²) in [6.07, 6.45) is 0.207. The molecule has 0 spiro atoms. The number of halogens is 2. The molecule has 0 fully saturated rings. The van der Waals surface area contributed by atoms with E-state index < -0.39 is 0 Å². The van der Waals surface area contributed by atoms with Crippen LogP contribution in [0.5, 0.6) is 11.5 Å². The van der Waals surface area contributed by atoms with E-state index in [-0.39, 0.29) is 42.1 Å². The van der Waals surface area contributed by atoms with Gasteiger partial charge in [-0.2, -0.15) is 0 Å². The summed E-state index contributed by atoms with van der Waals surface area (Å²) in [6, 6.07) is 11.3. The number of hydrogen-bond donors (Lipinski definition) is 3. The molecule has 0 heterocycles. The monoisotopic (exact) mass is 516 g/mol. The topological polar surface area (TPSA) is 84.0 Å². The summed E-state index contributed by atoms with van der Waals surface area (Å²) in [5, 5.41) is 9.06. The molecular formula is C20H26FIN4O3. The van der Waals surface area contributed by atoms with E-state index in [0.29, 0.717) is 30.5 Å². The third-order valence-electron chi connectivity index (χ3n) is 3.89. The van der Waals surface area contributed by atoms with Gasteiger partial charge in [-0.1, -0.05) is 12.1 Å². The summed E-state index contributed by atoms with van der Waals surface area (Å²) in [7, 11) is 4.81. The fraction of sp³-hybridized carbons (Fsp3) is 0.300. The number of hydrogen-bond acceptors (Lipinski definition) is 4. The van der Waals surface area contributed by atoms with Gasteiger partial charge in [0.2, 0.25) is 5.91 Å². The van der Waals surface area contributed by atoms with Crippen molar-refractivity contribution in [1.82, 2.24) is 10.6 Å². The van der Waals surface area contributed by atoms with Gasteiger partial charge in [-0.05, 0) is 29.8 Å². The zero-order valence-corrected chi connectivity index (χ0v) is 19.0. The maximum atomic E-state index is 12.9. The highest BCUT2D eigenvalue weighted by atomic mass is 127. The van der Waals surface area contributed by atoms with Gasteiger partial charge < -0.3 is 25.4 Å². The molecule has 0 aliphatic heterocycles. The molecule has 9 heteroatoms. The summed E-state index contributed by atoms with van der Waals surface area (Å²) < 4.78 is 23.4. The molecule has 7 nitrogen and oxygen atoms in total. The average molecular weight is 516 g/mol. The Kier molecular flexibility index (Phi) is 10.8. The van der Waals surface area contributed by atoms with Gasteiger partial charge in [0.25, 0.3) is 0 Å². The van der Waals surface area contributed by atoms with Crippen LogP contribution in [0.4, 0.5) is 10.1 Å². The van der Waals surface area contributed by atoms with E-state index in [1.54, 1.807) is 45.5 Å². The molecule has 0 radical (unpaired) electrons. The van der Waals surface area contributed by atoms with Crippen molar-refractivity contribution in [1.29, 1.82) is 0 Å². The van der Waals surface area contributed by atoms with Gasteiger partial charge in [0, 0.05) is 31.9 Å². The molecule has 1 amide bonds. The Bertz CT molecular complexity index is 816. The van der Waals surface area contributed by atoms with Gasteiger partial charge in [-0.3, -0.25) is 9.79 Å². The van der Waals surface area contributed by atoms with Crippen LogP contribution < -0.4 is 25.4 Å². The molecule has 0 unspecified atom stereocenters. The average Bonchev–Trinajstić information content (AvgIpc) is 2.71. The van der Waals surface area contributed by atoms with Crippen LogP contribution in [0.1, 0.15) is 5.56 Å². The Labute approximate surface area is 187 Å². The number of nitrogens with zero attached hydrogens (tertiary/aromatic N) is 1. The molecule has 0 saturated carbocycles. The highest BCUT2D eigenvalue weighted by Gasteiger charge is 2.07. The zero-order valence-electron chi connectivity index (χ0n) is 16.6. The lowest BCUT2D eigenvalue weighted by Gasteiger charge is -2.14. The highest BCUT2D eigenvalue weighted by molar-refractivity contribution is 14.0. The summed E-state index contributed by atoms with van der Waals surface area (Å²) in [4.78, 5) is 16.1. The number of guanidine groups is 1. The van der Waals surface area contributed by atoms with Crippen LogP contribution in [0, 0.1) is 5.82 Å². The summed E-state index contributed by atoms with van der Waals surface area (Å²) in [5.41, 5.74) is 1.55. The Morgan fingerprint density at radius 3 is 2.28 bits per heavy atom. The number of carbonyl (C=O) groups excluding carboxylic acids is 1. The fourth-order valence-corrected chi connectivity index (χ4v) is 2.46. The second-order valence-corrected chi connectivity index (χ2v) is 5.85. The zero-order chi connectivity index (χ0) is 20.4. The molecule has 2 aromatic carbocycles. The minimum Gasteiger partial charge on any atom is -0.493 e. The van der Waals surface area contributed by atoms with Crippen molar-refractivity contribution < 1.29 is 18.7 Å². The molecule has 2 rings (SSSR count). The van der Waals surface area contributed by atoms with Gasteiger partial charge in [-0.15, -0.1) is 24.0 Å². The first kappa shape index (κ1) is 24.5. The molecule has 0 aliphatic rings. The Balaban J connectivity index is 0.00000420. The van der Waals surface area contributed by atoms with Crippen LogP contribution in [0.2, 0.25) is 0 Å². The third kappa shape index (κ3) is 8.14. The molecule has 0 aliphatic carbocycles. The maximum absolute atomic E-state index is 12.9. The molecule has 158 valence electrons. The van der Waals surface area contributed by atoms with Crippen LogP contribution in [0.25, 0.3) is 0 Å². The van der Waals surface area contributed by atoms with E-state index in [0.717, 1.165) is 11.3 Å². The van der Waals surface area contributed by atoms with Crippen LogP contribution in [-0.2, 0) is 11.2 Å². The first-order chi connectivity index (χ1) is 13.5. The Morgan fingerprint density at radius 1 is 1.00 bits per heavy atom. The summed E-state index contributed by atoms with van der Waals surface area (Å²) in [5.74, 6) is 1.36. The molecule has 0 bridgehead atoms. The maximum Gasteiger partial charge on any atom is 0.224 e. The lowest BCUT2D eigenvalue weighted by Crippen LogP contribution is -2.38. The smallest absolute Gasteiger partial charge is 0.224 e. The number of methoxy groups -OCH3 is 2. The van der Waals surface area contributed by atoms with E-state index in [1.807, 2.05) is 6.07 Å². The third-order valence-corrected chi connectivity index (χ3v) is 3.89.